The summed E-state index contributed by atoms with van der Waals surface area (Å²) in [6, 6.07) is 12.0. The zero-order valence-corrected chi connectivity index (χ0v) is 11.8. The molecule has 0 saturated carbocycles. The van der Waals surface area contributed by atoms with Gasteiger partial charge in [0.25, 0.3) is 0 Å². The average Bonchev–Trinajstić information content (AvgIpc) is 2.76. The van der Waals surface area contributed by atoms with Gasteiger partial charge in [0.15, 0.2) is 0 Å². The standard InChI is InChI=1S/C16H17N3O/c1-10-4-7-14-13(8-10)18-16(19(14)2)11-5-6-12(17)15(9-11)20-3/h4-9H,17H2,1-3H3. The van der Waals surface area contributed by atoms with Crippen molar-refractivity contribution in [1.82, 2.24) is 9.55 Å². The van der Waals surface area contributed by atoms with Crippen LogP contribution in [-0.4, -0.2) is 16.7 Å². The predicted molar refractivity (Wildman–Crippen MR) is 81.9 cm³/mol. The zero-order chi connectivity index (χ0) is 14.3. The second-order valence-corrected chi connectivity index (χ2v) is 4.94. The highest BCUT2D eigenvalue weighted by atomic mass is 16.5. The highest BCUT2D eigenvalue weighted by Gasteiger charge is 2.11. The fraction of sp³-hybridized carbons (Fsp3) is 0.188. The second-order valence-electron chi connectivity index (χ2n) is 4.94. The summed E-state index contributed by atoms with van der Waals surface area (Å²) in [7, 11) is 3.64. The molecule has 2 aromatic carbocycles. The molecule has 0 aliphatic heterocycles. The number of fused-ring (bicyclic) bond motifs is 1. The van der Waals surface area contributed by atoms with Gasteiger partial charge in [0.1, 0.15) is 11.6 Å². The van der Waals surface area contributed by atoms with Crippen molar-refractivity contribution in [1.29, 1.82) is 0 Å². The summed E-state index contributed by atoms with van der Waals surface area (Å²) < 4.78 is 7.36. The molecule has 20 heavy (non-hydrogen) atoms. The first-order valence-corrected chi connectivity index (χ1v) is 6.47. The number of nitrogen functional groups attached to an aromatic ring is 1. The van der Waals surface area contributed by atoms with E-state index in [1.165, 1.54) is 5.56 Å². The smallest absolute Gasteiger partial charge is 0.142 e. The quantitative estimate of drug-likeness (QED) is 0.726. The van der Waals surface area contributed by atoms with Gasteiger partial charge < -0.3 is 15.0 Å². The molecule has 1 heterocycles. The van der Waals surface area contributed by atoms with Gasteiger partial charge in [-0.1, -0.05) is 6.07 Å². The monoisotopic (exact) mass is 267 g/mol. The van der Waals surface area contributed by atoms with Crippen LogP contribution in [0.5, 0.6) is 5.75 Å². The number of nitrogens with zero attached hydrogens (tertiary/aromatic N) is 2. The number of aromatic nitrogens is 2. The van der Waals surface area contributed by atoms with Gasteiger partial charge in [0, 0.05) is 12.6 Å². The van der Waals surface area contributed by atoms with E-state index in [2.05, 4.69) is 29.7 Å². The molecule has 0 fully saturated rings. The predicted octanol–water partition coefficient (Wildman–Crippen LogP) is 3.14. The number of hydrogen-bond acceptors (Lipinski definition) is 3. The fourth-order valence-electron chi connectivity index (χ4n) is 2.42. The van der Waals surface area contributed by atoms with Gasteiger partial charge in [-0.15, -0.1) is 0 Å². The van der Waals surface area contributed by atoms with Crippen LogP contribution in [0.4, 0.5) is 5.69 Å². The third kappa shape index (κ3) is 1.90. The minimum absolute atomic E-state index is 0.630. The molecule has 0 aliphatic carbocycles. The Labute approximate surface area is 117 Å². The summed E-state index contributed by atoms with van der Waals surface area (Å²) >= 11 is 0. The van der Waals surface area contributed by atoms with Crippen LogP contribution in [-0.2, 0) is 7.05 Å². The van der Waals surface area contributed by atoms with Crippen LogP contribution >= 0.6 is 0 Å². The topological polar surface area (TPSA) is 53.1 Å². The molecule has 0 spiro atoms. The normalized spacial score (nSPS) is 10.9. The number of hydrogen-bond donors (Lipinski definition) is 1. The van der Waals surface area contributed by atoms with E-state index in [4.69, 9.17) is 15.5 Å². The summed E-state index contributed by atoms with van der Waals surface area (Å²) in [5.41, 5.74) is 10.8. The van der Waals surface area contributed by atoms with Gasteiger partial charge in [0.05, 0.1) is 23.8 Å². The molecule has 4 heteroatoms. The molecule has 0 amide bonds. The van der Waals surface area contributed by atoms with E-state index in [1.807, 2.05) is 25.2 Å². The molecule has 0 saturated heterocycles. The van der Waals surface area contributed by atoms with Gasteiger partial charge in [0.2, 0.25) is 0 Å². The number of imidazole rings is 1. The molecule has 3 rings (SSSR count). The Morgan fingerprint density at radius 2 is 1.95 bits per heavy atom. The van der Waals surface area contributed by atoms with Crippen LogP contribution in [0.2, 0.25) is 0 Å². The molecule has 2 N–H and O–H groups in total. The van der Waals surface area contributed by atoms with Gasteiger partial charge in [-0.25, -0.2) is 4.98 Å². The largest absolute Gasteiger partial charge is 0.495 e. The lowest BCUT2D eigenvalue weighted by atomic mass is 10.2. The molecule has 0 unspecified atom stereocenters. The molecular formula is C16H17N3O. The van der Waals surface area contributed by atoms with Crippen molar-refractivity contribution in [2.75, 3.05) is 12.8 Å². The first-order chi connectivity index (χ1) is 9.60. The maximum Gasteiger partial charge on any atom is 0.142 e. The molecule has 3 aromatic rings. The Hall–Kier alpha value is -2.49. The third-order valence-corrected chi connectivity index (χ3v) is 3.53. The molecule has 4 nitrogen and oxygen atoms in total. The van der Waals surface area contributed by atoms with Crippen LogP contribution in [0.15, 0.2) is 36.4 Å². The van der Waals surface area contributed by atoms with Crippen molar-refractivity contribution < 1.29 is 4.74 Å². The number of benzene rings is 2. The SMILES string of the molecule is COc1cc(-c2nc3cc(C)ccc3n2C)ccc1N. The van der Waals surface area contributed by atoms with Crippen molar-refractivity contribution in [3.63, 3.8) is 0 Å². The maximum atomic E-state index is 5.86. The van der Waals surface area contributed by atoms with Crippen LogP contribution in [0, 0.1) is 6.92 Å². The van der Waals surface area contributed by atoms with Gasteiger partial charge >= 0.3 is 0 Å². The first-order valence-electron chi connectivity index (χ1n) is 6.47. The fourth-order valence-corrected chi connectivity index (χ4v) is 2.42. The number of ether oxygens (including phenoxy) is 1. The molecule has 0 radical (unpaired) electrons. The summed E-state index contributed by atoms with van der Waals surface area (Å²) in [5, 5.41) is 0. The molecular weight excluding hydrogens is 250 g/mol. The Morgan fingerprint density at radius 3 is 2.70 bits per heavy atom. The Bertz CT molecular complexity index is 790. The van der Waals surface area contributed by atoms with Gasteiger partial charge in [-0.2, -0.15) is 0 Å². The first kappa shape index (κ1) is 12.5. The van der Waals surface area contributed by atoms with Gasteiger partial charge in [-0.05, 0) is 42.8 Å². The van der Waals surface area contributed by atoms with Crippen molar-refractivity contribution in [2.45, 2.75) is 6.92 Å². The minimum atomic E-state index is 0.630. The summed E-state index contributed by atoms with van der Waals surface area (Å²) in [4.78, 5) is 4.72. The molecule has 1 aromatic heterocycles. The number of methoxy groups -OCH3 is 1. The van der Waals surface area contributed by atoms with Crippen molar-refractivity contribution in [3.05, 3.63) is 42.0 Å². The molecule has 102 valence electrons. The Kier molecular flexibility index (Phi) is 2.86. The van der Waals surface area contributed by atoms with E-state index in [0.717, 1.165) is 22.4 Å². The lowest BCUT2D eigenvalue weighted by molar-refractivity contribution is 0.417. The van der Waals surface area contributed by atoms with Crippen molar-refractivity contribution in [2.24, 2.45) is 7.05 Å². The Morgan fingerprint density at radius 1 is 1.15 bits per heavy atom. The lowest BCUT2D eigenvalue weighted by Gasteiger charge is -2.07. The second kappa shape index (κ2) is 4.56. The van der Waals surface area contributed by atoms with Crippen LogP contribution < -0.4 is 10.5 Å². The number of anilines is 1. The molecule has 0 atom stereocenters. The van der Waals surface area contributed by atoms with E-state index in [9.17, 15) is 0 Å². The van der Waals surface area contributed by atoms with E-state index < -0.39 is 0 Å². The summed E-state index contributed by atoms with van der Waals surface area (Å²) in [6.45, 7) is 2.07. The van der Waals surface area contributed by atoms with Crippen LogP contribution in [0.1, 0.15) is 5.56 Å². The number of nitrogens with two attached hydrogens (primary N) is 1. The summed E-state index contributed by atoms with van der Waals surface area (Å²) in [6.07, 6.45) is 0. The average molecular weight is 267 g/mol. The minimum Gasteiger partial charge on any atom is -0.495 e. The van der Waals surface area contributed by atoms with Crippen LogP contribution in [0.3, 0.4) is 0 Å². The van der Waals surface area contributed by atoms with Crippen LogP contribution in [0.25, 0.3) is 22.4 Å². The number of aryl methyl sites for hydroxylation is 2. The molecule has 0 bridgehead atoms. The van der Waals surface area contributed by atoms with Crippen molar-refractivity contribution in [3.8, 4) is 17.1 Å². The van der Waals surface area contributed by atoms with E-state index in [-0.39, 0.29) is 0 Å². The third-order valence-electron chi connectivity index (χ3n) is 3.53. The number of rotatable bonds is 2. The zero-order valence-electron chi connectivity index (χ0n) is 11.8. The molecule has 0 aliphatic rings. The van der Waals surface area contributed by atoms with E-state index in [0.29, 0.717) is 11.4 Å². The van der Waals surface area contributed by atoms with E-state index in [1.54, 1.807) is 7.11 Å². The van der Waals surface area contributed by atoms with E-state index >= 15 is 0 Å². The highest BCUT2D eigenvalue weighted by Crippen LogP contribution is 2.30. The van der Waals surface area contributed by atoms with Crippen molar-refractivity contribution >= 4 is 16.7 Å². The Balaban J connectivity index is 2.21. The lowest BCUT2D eigenvalue weighted by Crippen LogP contribution is -1.96. The maximum absolute atomic E-state index is 5.86. The van der Waals surface area contributed by atoms with Gasteiger partial charge in [-0.3, -0.25) is 0 Å². The summed E-state index contributed by atoms with van der Waals surface area (Å²) in [5.74, 6) is 1.58. The highest BCUT2D eigenvalue weighted by molar-refractivity contribution is 5.81.